The van der Waals surface area contributed by atoms with Gasteiger partial charge in [-0.25, -0.2) is 0 Å². The van der Waals surface area contributed by atoms with Crippen LogP contribution in [0, 0.1) is 0 Å². The summed E-state index contributed by atoms with van der Waals surface area (Å²) in [5.41, 5.74) is 0.406. The Labute approximate surface area is 98.4 Å². The number of methoxy groups -OCH3 is 1. The maximum atomic E-state index is 10.6. The summed E-state index contributed by atoms with van der Waals surface area (Å²) in [7, 11) is 1.46. The predicted molar refractivity (Wildman–Crippen MR) is 60.3 cm³/mol. The van der Waals surface area contributed by atoms with Crippen LogP contribution in [0.3, 0.4) is 0 Å². The van der Waals surface area contributed by atoms with Crippen LogP contribution < -0.4 is 4.74 Å². The second-order valence-electron chi connectivity index (χ2n) is 3.51. The molecule has 1 aromatic rings. The van der Waals surface area contributed by atoms with Gasteiger partial charge in [0.25, 0.3) is 0 Å². The van der Waals surface area contributed by atoms with E-state index in [0.29, 0.717) is 11.3 Å². The summed E-state index contributed by atoms with van der Waals surface area (Å²) in [5, 5.41) is 18.6. The Bertz CT molecular complexity index is 403. The number of halogens is 1. The van der Waals surface area contributed by atoms with Gasteiger partial charge in [-0.3, -0.25) is 4.79 Å². The normalized spacial score (nSPS) is 12.2. The van der Waals surface area contributed by atoms with Crippen LogP contribution in [-0.2, 0) is 4.79 Å². The number of hydrogen-bond acceptors (Lipinski definition) is 3. The molecule has 0 bridgehead atoms. The fourth-order valence-corrected chi connectivity index (χ4v) is 1.98. The maximum Gasteiger partial charge on any atom is 0.303 e. The number of carboxylic acid groups (broad SMARTS) is 1. The third kappa shape index (κ3) is 2.58. The number of carboxylic acids is 1. The van der Waals surface area contributed by atoms with Crippen LogP contribution in [0.15, 0.2) is 12.1 Å². The van der Waals surface area contributed by atoms with Crippen molar-refractivity contribution in [2.45, 2.75) is 19.3 Å². The van der Waals surface area contributed by atoms with E-state index in [9.17, 15) is 9.90 Å². The van der Waals surface area contributed by atoms with Gasteiger partial charge in [-0.2, -0.15) is 0 Å². The number of hydrogen-bond donors (Lipinski definition) is 2. The number of phenols is 1. The Kier molecular flexibility index (Phi) is 4.01. The lowest BCUT2D eigenvalue weighted by Crippen LogP contribution is -2.04. The van der Waals surface area contributed by atoms with Crippen LogP contribution >= 0.6 is 11.6 Å². The SMILES string of the molecule is COc1ccc(O)c(C(C)CC(=O)O)c1Cl. The number of carbonyl (C=O) groups is 1. The molecule has 0 aromatic heterocycles. The highest BCUT2D eigenvalue weighted by molar-refractivity contribution is 6.33. The molecule has 1 atom stereocenters. The molecule has 0 amide bonds. The maximum absolute atomic E-state index is 10.6. The average molecular weight is 245 g/mol. The second-order valence-corrected chi connectivity index (χ2v) is 3.89. The van der Waals surface area contributed by atoms with Crippen molar-refractivity contribution in [1.82, 2.24) is 0 Å². The Morgan fingerprint density at radius 1 is 1.56 bits per heavy atom. The summed E-state index contributed by atoms with van der Waals surface area (Å²) < 4.78 is 5.01. The molecule has 0 heterocycles. The van der Waals surface area contributed by atoms with Gasteiger partial charge in [-0.15, -0.1) is 0 Å². The van der Waals surface area contributed by atoms with Crippen LogP contribution in [0.4, 0.5) is 0 Å². The fraction of sp³-hybridized carbons (Fsp3) is 0.364. The van der Waals surface area contributed by atoms with E-state index in [1.807, 2.05) is 0 Å². The number of rotatable bonds is 4. The van der Waals surface area contributed by atoms with E-state index in [-0.39, 0.29) is 23.1 Å². The first-order valence-electron chi connectivity index (χ1n) is 4.74. The molecule has 0 radical (unpaired) electrons. The highest BCUT2D eigenvalue weighted by Crippen LogP contribution is 2.39. The van der Waals surface area contributed by atoms with Crippen molar-refractivity contribution in [3.8, 4) is 11.5 Å². The third-order valence-electron chi connectivity index (χ3n) is 2.31. The summed E-state index contributed by atoms with van der Waals surface area (Å²) in [6.45, 7) is 1.69. The Hall–Kier alpha value is -1.42. The van der Waals surface area contributed by atoms with Crippen LogP contribution in [0.5, 0.6) is 11.5 Å². The van der Waals surface area contributed by atoms with Crippen molar-refractivity contribution in [3.63, 3.8) is 0 Å². The topological polar surface area (TPSA) is 66.8 Å². The summed E-state index contributed by atoms with van der Waals surface area (Å²) >= 11 is 6.01. The van der Waals surface area contributed by atoms with Gasteiger partial charge in [-0.1, -0.05) is 18.5 Å². The fourth-order valence-electron chi connectivity index (χ4n) is 1.55. The van der Waals surface area contributed by atoms with Crippen LogP contribution in [0.1, 0.15) is 24.8 Å². The molecule has 16 heavy (non-hydrogen) atoms. The lowest BCUT2D eigenvalue weighted by atomic mass is 9.96. The van der Waals surface area contributed by atoms with E-state index in [1.165, 1.54) is 19.2 Å². The average Bonchev–Trinajstić information content (AvgIpc) is 2.16. The number of ether oxygens (including phenoxy) is 1. The molecule has 0 aliphatic rings. The Morgan fingerprint density at radius 3 is 2.69 bits per heavy atom. The van der Waals surface area contributed by atoms with E-state index in [1.54, 1.807) is 6.92 Å². The third-order valence-corrected chi connectivity index (χ3v) is 2.70. The minimum absolute atomic E-state index is 0.0143. The van der Waals surface area contributed by atoms with Crippen LogP contribution in [0.25, 0.3) is 0 Å². The van der Waals surface area contributed by atoms with Crippen molar-refractivity contribution in [3.05, 3.63) is 22.7 Å². The monoisotopic (exact) mass is 244 g/mol. The zero-order valence-electron chi connectivity index (χ0n) is 9.03. The van der Waals surface area contributed by atoms with E-state index in [4.69, 9.17) is 21.4 Å². The van der Waals surface area contributed by atoms with Gasteiger partial charge < -0.3 is 14.9 Å². The van der Waals surface area contributed by atoms with Gasteiger partial charge in [0.1, 0.15) is 11.5 Å². The number of benzene rings is 1. The van der Waals surface area contributed by atoms with Crippen molar-refractivity contribution < 1.29 is 19.7 Å². The molecule has 4 nitrogen and oxygen atoms in total. The van der Waals surface area contributed by atoms with E-state index >= 15 is 0 Å². The first-order valence-corrected chi connectivity index (χ1v) is 5.12. The summed E-state index contributed by atoms with van der Waals surface area (Å²) in [6, 6.07) is 2.98. The summed E-state index contributed by atoms with van der Waals surface area (Å²) in [5.74, 6) is -0.905. The highest BCUT2D eigenvalue weighted by Gasteiger charge is 2.20. The second kappa shape index (κ2) is 5.07. The minimum atomic E-state index is -0.939. The first-order chi connectivity index (χ1) is 7.47. The minimum Gasteiger partial charge on any atom is -0.508 e. The first kappa shape index (κ1) is 12.6. The molecule has 0 saturated carbocycles. The quantitative estimate of drug-likeness (QED) is 0.855. The van der Waals surface area contributed by atoms with Crippen LogP contribution in [-0.4, -0.2) is 23.3 Å². The molecule has 88 valence electrons. The molecule has 0 aliphatic heterocycles. The number of aromatic hydroxyl groups is 1. The predicted octanol–water partition coefficient (Wildman–Crippen LogP) is 2.63. The molecule has 0 fully saturated rings. The molecular formula is C11H13ClO4. The summed E-state index contributed by atoms with van der Waals surface area (Å²) in [6.07, 6.45) is -0.0968. The van der Waals surface area contributed by atoms with Gasteiger partial charge in [-0.05, 0) is 18.1 Å². The molecule has 5 heteroatoms. The van der Waals surface area contributed by atoms with Gasteiger partial charge in [0.2, 0.25) is 0 Å². The summed E-state index contributed by atoms with van der Waals surface area (Å²) in [4.78, 5) is 10.6. The lowest BCUT2D eigenvalue weighted by Gasteiger charge is -2.15. The number of phenolic OH excluding ortho intramolecular Hbond substituents is 1. The zero-order valence-corrected chi connectivity index (χ0v) is 9.78. The molecule has 1 unspecified atom stereocenters. The molecule has 0 spiro atoms. The molecule has 1 aromatic carbocycles. The molecular weight excluding hydrogens is 232 g/mol. The molecule has 2 N–H and O–H groups in total. The molecule has 1 rings (SSSR count). The van der Waals surface area contributed by atoms with Crippen molar-refractivity contribution in [2.75, 3.05) is 7.11 Å². The Morgan fingerprint density at radius 2 is 2.19 bits per heavy atom. The lowest BCUT2D eigenvalue weighted by molar-refractivity contribution is -0.137. The van der Waals surface area contributed by atoms with Crippen molar-refractivity contribution >= 4 is 17.6 Å². The molecule has 0 saturated heterocycles. The van der Waals surface area contributed by atoms with Gasteiger partial charge >= 0.3 is 5.97 Å². The molecule has 0 aliphatic carbocycles. The van der Waals surface area contributed by atoms with Gasteiger partial charge in [0.15, 0.2) is 0 Å². The van der Waals surface area contributed by atoms with E-state index < -0.39 is 5.97 Å². The van der Waals surface area contributed by atoms with Gasteiger partial charge in [0, 0.05) is 5.56 Å². The largest absolute Gasteiger partial charge is 0.508 e. The van der Waals surface area contributed by atoms with E-state index in [0.717, 1.165) is 0 Å². The van der Waals surface area contributed by atoms with Crippen molar-refractivity contribution in [1.29, 1.82) is 0 Å². The number of aliphatic carboxylic acids is 1. The van der Waals surface area contributed by atoms with Gasteiger partial charge in [0.05, 0.1) is 18.6 Å². The Balaban J connectivity index is 3.15. The zero-order chi connectivity index (χ0) is 12.3. The van der Waals surface area contributed by atoms with Crippen molar-refractivity contribution in [2.24, 2.45) is 0 Å². The van der Waals surface area contributed by atoms with E-state index in [2.05, 4.69) is 0 Å². The highest BCUT2D eigenvalue weighted by atomic mass is 35.5. The van der Waals surface area contributed by atoms with Crippen LogP contribution in [0.2, 0.25) is 5.02 Å². The smallest absolute Gasteiger partial charge is 0.303 e. The standard InChI is InChI=1S/C11H13ClO4/c1-6(5-9(14)15)10-7(13)3-4-8(16-2)11(10)12/h3-4,6,13H,5H2,1-2H3,(H,14,15).